The fourth-order valence-electron chi connectivity index (χ4n) is 1.87. The van der Waals surface area contributed by atoms with Crippen molar-refractivity contribution in [3.05, 3.63) is 29.8 Å². The van der Waals surface area contributed by atoms with Gasteiger partial charge in [0.2, 0.25) is 0 Å². The van der Waals surface area contributed by atoms with E-state index in [4.69, 9.17) is 5.11 Å². The van der Waals surface area contributed by atoms with Gasteiger partial charge in [0, 0.05) is 26.1 Å². The van der Waals surface area contributed by atoms with Gasteiger partial charge in [0.15, 0.2) is 0 Å². The molecule has 0 aliphatic carbocycles. The number of aliphatic hydroxyl groups excluding tert-OH is 2. The van der Waals surface area contributed by atoms with E-state index in [2.05, 4.69) is 16.0 Å². The van der Waals surface area contributed by atoms with E-state index in [0.29, 0.717) is 5.71 Å². The summed E-state index contributed by atoms with van der Waals surface area (Å²) in [6.07, 6.45) is 0.0645. The molecule has 0 aliphatic rings. The minimum absolute atomic E-state index is 0.155. The van der Waals surface area contributed by atoms with Crippen LogP contribution in [0.5, 0.6) is 0 Å². The third-order valence-corrected chi connectivity index (χ3v) is 2.75. The fraction of sp³-hybridized carbons (Fsp3) is 0.429. The van der Waals surface area contributed by atoms with Crippen LogP contribution in [0.25, 0.3) is 0 Å². The van der Waals surface area contributed by atoms with Crippen LogP contribution in [0.1, 0.15) is 12.0 Å². The average Bonchev–Trinajstić information content (AvgIpc) is 2.47. The SMILES string of the molecule is CNNc1ccccc1/C(CC=O)=N/N(C)CC(O)CO. The number of hydrazine groups is 1. The summed E-state index contributed by atoms with van der Waals surface area (Å²) in [5.41, 5.74) is 8.00. The Morgan fingerprint density at radius 2 is 2.19 bits per heavy atom. The minimum atomic E-state index is -0.873. The quantitative estimate of drug-likeness (QED) is 0.286. The van der Waals surface area contributed by atoms with Gasteiger partial charge in [-0.15, -0.1) is 0 Å². The monoisotopic (exact) mass is 294 g/mol. The van der Waals surface area contributed by atoms with Crippen LogP contribution in [-0.4, -0.2) is 60.6 Å². The van der Waals surface area contributed by atoms with Gasteiger partial charge in [-0.3, -0.25) is 5.01 Å². The minimum Gasteiger partial charge on any atom is -0.394 e. The van der Waals surface area contributed by atoms with Gasteiger partial charge in [0.25, 0.3) is 0 Å². The lowest BCUT2D eigenvalue weighted by Gasteiger charge is -2.19. The number of aldehydes is 1. The lowest BCUT2D eigenvalue weighted by molar-refractivity contribution is -0.106. The lowest BCUT2D eigenvalue weighted by Crippen LogP contribution is -2.29. The number of aliphatic hydroxyl groups is 2. The molecular weight excluding hydrogens is 272 g/mol. The van der Waals surface area contributed by atoms with Gasteiger partial charge in [-0.1, -0.05) is 18.2 Å². The third-order valence-electron chi connectivity index (χ3n) is 2.75. The van der Waals surface area contributed by atoms with Crippen molar-refractivity contribution in [3.63, 3.8) is 0 Å². The lowest BCUT2D eigenvalue weighted by atomic mass is 10.1. The predicted octanol–water partition coefficient (Wildman–Crippen LogP) is -0.189. The Hall–Kier alpha value is -1.96. The van der Waals surface area contributed by atoms with Crippen LogP contribution >= 0.6 is 0 Å². The number of likely N-dealkylation sites (N-methyl/N-ethyl adjacent to an activating group) is 1. The topological polar surface area (TPSA) is 97.2 Å². The maximum absolute atomic E-state index is 10.9. The molecule has 7 nitrogen and oxygen atoms in total. The van der Waals surface area contributed by atoms with Crippen molar-refractivity contribution in [1.82, 2.24) is 10.4 Å². The smallest absolute Gasteiger partial charge is 0.126 e. The molecule has 116 valence electrons. The number of anilines is 1. The van der Waals surface area contributed by atoms with Gasteiger partial charge < -0.3 is 20.4 Å². The second kappa shape index (κ2) is 9.06. The molecule has 1 atom stereocenters. The highest BCUT2D eigenvalue weighted by molar-refractivity contribution is 6.09. The van der Waals surface area contributed by atoms with Crippen molar-refractivity contribution in [2.45, 2.75) is 12.5 Å². The highest BCUT2D eigenvalue weighted by Gasteiger charge is 2.11. The molecule has 0 saturated carbocycles. The number of para-hydroxylation sites is 1. The number of carbonyl (C=O) groups excluding carboxylic acids is 1. The van der Waals surface area contributed by atoms with Crippen LogP contribution in [-0.2, 0) is 4.79 Å². The molecular formula is C14H22N4O3. The highest BCUT2D eigenvalue weighted by Crippen LogP contribution is 2.17. The molecule has 0 aromatic heterocycles. The van der Waals surface area contributed by atoms with Crippen molar-refractivity contribution in [2.75, 3.05) is 32.7 Å². The number of benzene rings is 1. The average molecular weight is 294 g/mol. The zero-order chi connectivity index (χ0) is 15.7. The summed E-state index contributed by atoms with van der Waals surface area (Å²) in [6, 6.07) is 7.47. The summed E-state index contributed by atoms with van der Waals surface area (Å²) in [5, 5.41) is 24.1. The number of rotatable bonds is 9. The molecule has 1 aromatic rings. The number of nitrogens with zero attached hydrogens (tertiary/aromatic N) is 2. The molecule has 0 fully saturated rings. The number of hydrogen-bond donors (Lipinski definition) is 4. The Morgan fingerprint density at radius 1 is 1.48 bits per heavy atom. The molecule has 4 N–H and O–H groups in total. The molecule has 0 saturated heterocycles. The van der Waals surface area contributed by atoms with Crippen molar-refractivity contribution >= 4 is 17.7 Å². The van der Waals surface area contributed by atoms with E-state index in [9.17, 15) is 9.90 Å². The summed E-state index contributed by atoms with van der Waals surface area (Å²) < 4.78 is 0. The normalized spacial score (nSPS) is 12.9. The van der Waals surface area contributed by atoms with Gasteiger partial charge in [0.1, 0.15) is 6.29 Å². The Bertz CT molecular complexity index is 479. The standard InChI is InChI=1S/C14H22N4O3/c1-15-16-13-6-4-3-5-12(13)14(7-8-19)17-18(2)9-11(21)10-20/h3-6,8,11,15-16,20-21H,7,9-10H2,1-2H3/b17-14+. The first kappa shape index (κ1) is 17.1. The second-order valence-corrected chi connectivity index (χ2v) is 4.51. The van der Waals surface area contributed by atoms with E-state index in [0.717, 1.165) is 17.5 Å². The number of hydrazone groups is 1. The van der Waals surface area contributed by atoms with E-state index < -0.39 is 6.10 Å². The van der Waals surface area contributed by atoms with Crippen LogP contribution < -0.4 is 10.9 Å². The molecule has 1 rings (SSSR count). The molecule has 0 bridgehead atoms. The van der Waals surface area contributed by atoms with Gasteiger partial charge in [0.05, 0.1) is 30.7 Å². The summed E-state index contributed by atoms with van der Waals surface area (Å²) >= 11 is 0. The molecule has 21 heavy (non-hydrogen) atoms. The molecule has 0 spiro atoms. The Morgan fingerprint density at radius 3 is 2.81 bits per heavy atom. The fourth-order valence-corrected chi connectivity index (χ4v) is 1.87. The van der Waals surface area contributed by atoms with Crippen LogP contribution in [0.3, 0.4) is 0 Å². The molecule has 7 heteroatoms. The van der Waals surface area contributed by atoms with E-state index in [1.165, 1.54) is 5.01 Å². The van der Waals surface area contributed by atoms with Gasteiger partial charge in [-0.25, -0.2) is 5.43 Å². The van der Waals surface area contributed by atoms with Crippen LogP contribution in [0.4, 0.5) is 5.69 Å². The second-order valence-electron chi connectivity index (χ2n) is 4.51. The van der Waals surface area contributed by atoms with Crippen LogP contribution in [0, 0.1) is 0 Å². The van der Waals surface area contributed by atoms with Gasteiger partial charge in [-0.05, 0) is 6.07 Å². The Balaban J connectivity index is 3.02. The Kier molecular flexibility index (Phi) is 7.38. The number of hydrogen-bond acceptors (Lipinski definition) is 7. The summed E-state index contributed by atoms with van der Waals surface area (Å²) in [5.74, 6) is 0. The van der Waals surface area contributed by atoms with Gasteiger partial charge >= 0.3 is 0 Å². The number of carbonyl (C=O) groups is 1. The maximum atomic E-state index is 10.9. The number of nitrogens with one attached hydrogen (secondary N) is 2. The van der Waals surface area contributed by atoms with Crippen molar-refractivity contribution in [3.8, 4) is 0 Å². The summed E-state index contributed by atoms with van der Waals surface area (Å²) in [4.78, 5) is 10.9. The highest BCUT2D eigenvalue weighted by atomic mass is 16.3. The van der Waals surface area contributed by atoms with Crippen molar-refractivity contribution < 1.29 is 15.0 Å². The zero-order valence-corrected chi connectivity index (χ0v) is 12.3. The van der Waals surface area contributed by atoms with Crippen LogP contribution in [0.15, 0.2) is 29.4 Å². The third kappa shape index (κ3) is 5.50. The maximum Gasteiger partial charge on any atom is 0.126 e. The molecule has 0 heterocycles. The summed E-state index contributed by atoms with van der Waals surface area (Å²) in [6.45, 7) is -0.152. The predicted molar refractivity (Wildman–Crippen MR) is 82.1 cm³/mol. The van der Waals surface area contributed by atoms with E-state index in [1.54, 1.807) is 14.1 Å². The van der Waals surface area contributed by atoms with E-state index in [-0.39, 0.29) is 19.6 Å². The first-order valence-corrected chi connectivity index (χ1v) is 6.65. The molecule has 0 amide bonds. The summed E-state index contributed by atoms with van der Waals surface area (Å²) in [7, 11) is 3.43. The molecule has 0 radical (unpaired) electrons. The Labute approximate surface area is 124 Å². The van der Waals surface area contributed by atoms with E-state index in [1.807, 2.05) is 24.3 Å². The molecule has 1 unspecified atom stereocenters. The largest absolute Gasteiger partial charge is 0.394 e. The van der Waals surface area contributed by atoms with Crippen molar-refractivity contribution in [1.29, 1.82) is 0 Å². The van der Waals surface area contributed by atoms with Gasteiger partial charge in [-0.2, -0.15) is 5.10 Å². The van der Waals surface area contributed by atoms with Crippen molar-refractivity contribution in [2.24, 2.45) is 5.10 Å². The zero-order valence-electron chi connectivity index (χ0n) is 12.3. The first-order valence-electron chi connectivity index (χ1n) is 6.65. The molecule has 1 aromatic carbocycles. The van der Waals surface area contributed by atoms with E-state index >= 15 is 0 Å². The van der Waals surface area contributed by atoms with Crippen LogP contribution in [0.2, 0.25) is 0 Å². The first-order chi connectivity index (χ1) is 10.1. The molecule has 0 aliphatic heterocycles.